The van der Waals surface area contributed by atoms with Crippen molar-refractivity contribution in [3.8, 4) is 0 Å². The van der Waals surface area contributed by atoms with Crippen molar-refractivity contribution >= 4 is 0 Å². The largest absolute Gasteiger partial charge is 0.391 e. The Bertz CT molecular complexity index is 213. The molecule has 0 aromatic carbocycles. The molecule has 3 atom stereocenters. The molecule has 4 nitrogen and oxygen atoms in total. The minimum Gasteiger partial charge on any atom is -0.391 e. The predicted octanol–water partition coefficient (Wildman–Crippen LogP) is 0.210. The molecule has 2 rings (SSSR count). The molecule has 0 spiro atoms. The minimum atomic E-state index is -0.321. The van der Waals surface area contributed by atoms with Crippen LogP contribution in [0, 0.1) is 0 Å². The number of hydrogen-bond acceptors (Lipinski definition) is 4. The van der Waals surface area contributed by atoms with E-state index in [1.54, 1.807) is 7.11 Å². The molecule has 16 heavy (non-hydrogen) atoms. The fourth-order valence-electron chi connectivity index (χ4n) is 3.03. The van der Waals surface area contributed by atoms with Gasteiger partial charge in [0.2, 0.25) is 0 Å². The van der Waals surface area contributed by atoms with Gasteiger partial charge in [0.15, 0.2) is 0 Å². The second-order valence-electron chi connectivity index (χ2n) is 4.99. The van der Waals surface area contributed by atoms with Crippen molar-refractivity contribution in [1.29, 1.82) is 0 Å². The van der Waals surface area contributed by atoms with E-state index in [0.29, 0.717) is 12.6 Å². The van der Waals surface area contributed by atoms with Crippen LogP contribution in [0.5, 0.6) is 0 Å². The molecule has 0 aromatic heterocycles. The summed E-state index contributed by atoms with van der Waals surface area (Å²) in [5.74, 6) is 0. The number of aliphatic hydroxyl groups excluding tert-OH is 1. The van der Waals surface area contributed by atoms with Gasteiger partial charge in [-0.2, -0.15) is 0 Å². The molecule has 0 aromatic rings. The van der Waals surface area contributed by atoms with Crippen molar-refractivity contribution in [1.82, 2.24) is 10.2 Å². The molecule has 2 saturated heterocycles. The van der Waals surface area contributed by atoms with Crippen molar-refractivity contribution < 1.29 is 9.84 Å². The number of methoxy groups -OCH3 is 1. The van der Waals surface area contributed by atoms with Crippen LogP contribution in [0.1, 0.15) is 25.7 Å². The Morgan fingerprint density at radius 1 is 1.44 bits per heavy atom. The molecule has 0 saturated carbocycles. The molecule has 2 aliphatic heterocycles. The first-order valence-electron chi connectivity index (χ1n) is 6.45. The van der Waals surface area contributed by atoms with Gasteiger partial charge in [-0.15, -0.1) is 0 Å². The van der Waals surface area contributed by atoms with Crippen LogP contribution in [-0.2, 0) is 4.74 Å². The highest BCUT2D eigenvalue weighted by Crippen LogP contribution is 2.27. The molecule has 2 fully saturated rings. The molecule has 2 heterocycles. The van der Waals surface area contributed by atoms with Gasteiger partial charge in [0.25, 0.3) is 0 Å². The van der Waals surface area contributed by atoms with E-state index in [9.17, 15) is 5.11 Å². The van der Waals surface area contributed by atoms with E-state index < -0.39 is 0 Å². The predicted molar refractivity (Wildman–Crippen MR) is 63.5 cm³/mol. The quantitative estimate of drug-likeness (QED) is 0.682. The van der Waals surface area contributed by atoms with Gasteiger partial charge in [0.05, 0.1) is 12.7 Å². The van der Waals surface area contributed by atoms with Gasteiger partial charge >= 0.3 is 0 Å². The molecule has 3 unspecified atom stereocenters. The molecule has 0 bridgehead atoms. The number of rotatable bonds is 6. The summed E-state index contributed by atoms with van der Waals surface area (Å²) in [6, 6.07) is 1.41. The molecule has 2 N–H and O–H groups in total. The van der Waals surface area contributed by atoms with Crippen molar-refractivity contribution in [2.75, 3.05) is 33.4 Å². The molecule has 0 amide bonds. The average Bonchev–Trinajstić information content (AvgIpc) is 2.82. The zero-order valence-corrected chi connectivity index (χ0v) is 10.2. The van der Waals surface area contributed by atoms with Crippen LogP contribution >= 0.6 is 0 Å². The van der Waals surface area contributed by atoms with Crippen LogP contribution < -0.4 is 5.32 Å². The summed E-state index contributed by atoms with van der Waals surface area (Å²) in [4.78, 5) is 2.60. The third-order valence-corrected chi connectivity index (χ3v) is 3.85. The number of ether oxygens (including phenoxy) is 1. The highest BCUT2D eigenvalue weighted by molar-refractivity contribution is 4.95. The molecule has 94 valence electrons. The van der Waals surface area contributed by atoms with E-state index in [4.69, 9.17) is 4.74 Å². The Balaban J connectivity index is 1.63. The van der Waals surface area contributed by atoms with E-state index in [1.807, 2.05) is 0 Å². The Morgan fingerprint density at radius 3 is 3.12 bits per heavy atom. The Hall–Kier alpha value is -0.160. The van der Waals surface area contributed by atoms with E-state index in [-0.39, 0.29) is 6.10 Å². The monoisotopic (exact) mass is 228 g/mol. The van der Waals surface area contributed by atoms with E-state index in [2.05, 4.69) is 10.2 Å². The fourth-order valence-corrected chi connectivity index (χ4v) is 3.03. The molecule has 4 heteroatoms. The number of hydrogen-bond donors (Lipinski definition) is 2. The van der Waals surface area contributed by atoms with Gasteiger partial charge in [-0.05, 0) is 38.8 Å². The van der Waals surface area contributed by atoms with Gasteiger partial charge in [-0.25, -0.2) is 0 Å². The van der Waals surface area contributed by atoms with Crippen molar-refractivity contribution in [2.24, 2.45) is 0 Å². The van der Waals surface area contributed by atoms with Crippen LogP contribution in [0.4, 0.5) is 0 Å². The summed E-state index contributed by atoms with van der Waals surface area (Å²) >= 11 is 0. The molecule has 0 radical (unpaired) electrons. The summed E-state index contributed by atoms with van der Waals surface area (Å²) in [6.45, 7) is 3.89. The van der Waals surface area contributed by atoms with E-state index in [0.717, 1.165) is 19.0 Å². The van der Waals surface area contributed by atoms with Gasteiger partial charge < -0.3 is 15.2 Å². The van der Waals surface area contributed by atoms with E-state index in [1.165, 1.54) is 32.4 Å². The maximum atomic E-state index is 9.54. The van der Waals surface area contributed by atoms with Crippen molar-refractivity contribution in [3.63, 3.8) is 0 Å². The molecule has 2 aliphatic rings. The second-order valence-corrected chi connectivity index (χ2v) is 4.99. The zero-order valence-electron chi connectivity index (χ0n) is 10.2. The van der Waals surface area contributed by atoms with Crippen LogP contribution in [0.2, 0.25) is 0 Å². The molecular weight excluding hydrogens is 204 g/mol. The SMILES string of the molecule is COCC(O)CCNC1CCN2CCCC12. The topological polar surface area (TPSA) is 44.7 Å². The lowest BCUT2D eigenvalue weighted by atomic mass is 10.1. The van der Waals surface area contributed by atoms with Crippen LogP contribution in [0.25, 0.3) is 0 Å². The number of fused-ring (bicyclic) bond motifs is 1. The standard InChI is InChI=1S/C12H24N2O2/c1-16-9-10(15)4-6-13-11-5-8-14-7-2-3-12(11)14/h10-13,15H,2-9H2,1H3. The van der Waals surface area contributed by atoms with Gasteiger partial charge in [-0.1, -0.05) is 0 Å². The third-order valence-electron chi connectivity index (χ3n) is 3.85. The summed E-state index contributed by atoms with van der Waals surface area (Å²) in [7, 11) is 1.63. The van der Waals surface area contributed by atoms with Crippen LogP contribution in [-0.4, -0.2) is 61.5 Å². The summed E-state index contributed by atoms with van der Waals surface area (Å²) in [5.41, 5.74) is 0. The first-order valence-corrected chi connectivity index (χ1v) is 6.45. The average molecular weight is 228 g/mol. The summed E-state index contributed by atoms with van der Waals surface area (Å²) in [6.07, 6.45) is 4.44. The first-order chi connectivity index (χ1) is 7.81. The Labute approximate surface area is 98.0 Å². The number of nitrogens with zero attached hydrogens (tertiary/aromatic N) is 1. The summed E-state index contributed by atoms with van der Waals surface area (Å²) in [5, 5.41) is 13.1. The van der Waals surface area contributed by atoms with Crippen LogP contribution in [0.15, 0.2) is 0 Å². The lowest BCUT2D eigenvalue weighted by Crippen LogP contribution is -2.40. The number of aliphatic hydroxyl groups is 1. The molecule has 0 aliphatic carbocycles. The summed E-state index contributed by atoms with van der Waals surface area (Å²) < 4.78 is 4.91. The van der Waals surface area contributed by atoms with Gasteiger partial charge in [0.1, 0.15) is 0 Å². The smallest absolute Gasteiger partial charge is 0.0785 e. The minimum absolute atomic E-state index is 0.321. The van der Waals surface area contributed by atoms with Crippen molar-refractivity contribution in [2.45, 2.75) is 43.9 Å². The fraction of sp³-hybridized carbons (Fsp3) is 1.00. The molecular formula is C12H24N2O2. The van der Waals surface area contributed by atoms with E-state index >= 15 is 0 Å². The highest BCUT2D eigenvalue weighted by atomic mass is 16.5. The Kier molecular flexibility index (Phi) is 4.58. The normalized spacial score (nSPS) is 31.9. The van der Waals surface area contributed by atoms with Crippen LogP contribution in [0.3, 0.4) is 0 Å². The first kappa shape index (κ1) is 12.3. The maximum absolute atomic E-state index is 9.54. The second kappa shape index (κ2) is 5.96. The van der Waals surface area contributed by atoms with Gasteiger partial charge in [-0.3, -0.25) is 4.90 Å². The zero-order chi connectivity index (χ0) is 11.4. The number of nitrogens with one attached hydrogen (secondary N) is 1. The lowest BCUT2D eigenvalue weighted by Gasteiger charge is -2.21. The van der Waals surface area contributed by atoms with Crippen molar-refractivity contribution in [3.05, 3.63) is 0 Å². The highest BCUT2D eigenvalue weighted by Gasteiger charge is 2.36. The Morgan fingerprint density at radius 2 is 2.31 bits per heavy atom. The van der Waals surface area contributed by atoms with Gasteiger partial charge in [0, 0.05) is 25.7 Å². The maximum Gasteiger partial charge on any atom is 0.0785 e. The lowest BCUT2D eigenvalue weighted by molar-refractivity contribution is 0.0588. The third kappa shape index (κ3) is 2.94.